The molecule has 1 rings (SSSR count). The Hall–Kier alpha value is -0.0800. The van der Waals surface area contributed by atoms with Crippen LogP contribution in [0.25, 0.3) is 0 Å². The minimum absolute atomic E-state index is 0.691. The summed E-state index contributed by atoms with van der Waals surface area (Å²) < 4.78 is 0. The summed E-state index contributed by atoms with van der Waals surface area (Å²) in [6.45, 7) is 6.66. The van der Waals surface area contributed by atoms with Crippen molar-refractivity contribution in [3.63, 3.8) is 0 Å². The Bertz CT molecular complexity index is 112. The Kier molecular flexibility index (Phi) is 3.34. The lowest BCUT2D eigenvalue weighted by atomic mass is 9.98. The van der Waals surface area contributed by atoms with Gasteiger partial charge in [-0.15, -0.1) is 0 Å². The SMILES string of the molecule is CCCC(C)N1CCC1CN. The summed E-state index contributed by atoms with van der Waals surface area (Å²) in [6.07, 6.45) is 3.91. The summed E-state index contributed by atoms with van der Waals surface area (Å²) in [7, 11) is 0. The van der Waals surface area contributed by atoms with E-state index in [1.807, 2.05) is 0 Å². The molecule has 0 aromatic heterocycles. The van der Waals surface area contributed by atoms with Crippen molar-refractivity contribution in [1.29, 1.82) is 0 Å². The first-order valence-corrected chi connectivity index (χ1v) is 4.75. The molecule has 1 heterocycles. The molecule has 0 aromatic carbocycles. The van der Waals surface area contributed by atoms with Crippen LogP contribution in [0.15, 0.2) is 0 Å². The lowest BCUT2D eigenvalue weighted by molar-refractivity contribution is 0.0502. The van der Waals surface area contributed by atoms with E-state index in [1.165, 1.54) is 25.8 Å². The number of nitrogens with zero attached hydrogens (tertiary/aromatic N) is 1. The van der Waals surface area contributed by atoms with Gasteiger partial charge < -0.3 is 5.73 Å². The highest BCUT2D eigenvalue weighted by atomic mass is 15.2. The molecule has 2 nitrogen and oxygen atoms in total. The minimum Gasteiger partial charge on any atom is -0.329 e. The largest absolute Gasteiger partial charge is 0.329 e. The fraction of sp³-hybridized carbons (Fsp3) is 1.00. The van der Waals surface area contributed by atoms with E-state index in [2.05, 4.69) is 18.7 Å². The van der Waals surface area contributed by atoms with Gasteiger partial charge >= 0.3 is 0 Å². The Balaban J connectivity index is 2.24. The second-order valence-corrected chi connectivity index (χ2v) is 3.55. The van der Waals surface area contributed by atoms with E-state index in [9.17, 15) is 0 Å². The molecule has 1 aliphatic heterocycles. The van der Waals surface area contributed by atoms with Gasteiger partial charge in [-0.2, -0.15) is 0 Å². The molecule has 1 saturated heterocycles. The van der Waals surface area contributed by atoms with Gasteiger partial charge in [-0.1, -0.05) is 13.3 Å². The van der Waals surface area contributed by atoms with E-state index in [0.717, 1.165) is 12.6 Å². The third-order valence-electron chi connectivity index (χ3n) is 2.73. The van der Waals surface area contributed by atoms with E-state index < -0.39 is 0 Å². The van der Waals surface area contributed by atoms with Crippen LogP contribution in [-0.4, -0.2) is 30.1 Å². The van der Waals surface area contributed by atoms with Crippen LogP contribution >= 0.6 is 0 Å². The summed E-state index contributed by atoms with van der Waals surface area (Å²) >= 11 is 0. The maximum Gasteiger partial charge on any atom is 0.0233 e. The number of likely N-dealkylation sites (tertiary alicyclic amines) is 1. The Morgan fingerprint density at radius 3 is 2.73 bits per heavy atom. The monoisotopic (exact) mass is 156 g/mol. The fourth-order valence-corrected chi connectivity index (χ4v) is 1.88. The van der Waals surface area contributed by atoms with Crippen LogP contribution in [0.5, 0.6) is 0 Å². The molecule has 0 saturated carbocycles. The van der Waals surface area contributed by atoms with Crippen molar-refractivity contribution in [2.45, 2.75) is 45.2 Å². The molecule has 2 unspecified atom stereocenters. The molecule has 2 heteroatoms. The zero-order chi connectivity index (χ0) is 8.27. The lowest BCUT2D eigenvalue weighted by Gasteiger charge is -2.44. The van der Waals surface area contributed by atoms with Gasteiger partial charge in [0.15, 0.2) is 0 Å². The second-order valence-electron chi connectivity index (χ2n) is 3.55. The fourth-order valence-electron chi connectivity index (χ4n) is 1.88. The summed E-state index contributed by atoms with van der Waals surface area (Å²) in [5.41, 5.74) is 5.62. The first-order chi connectivity index (χ1) is 5.29. The highest BCUT2D eigenvalue weighted by Crippen LogP contribution is 2.21. The normalized spacial score (nSPS) is 28.1. The average molecular weight is 156 g/mol. The maximum atomic E-state index is 5.62. The molecule has 2 atom stereocenters. The van der Waals surface area contributed by atoms with Gasteiger partial charge in [-0.05, 0) is 19.8 Å². The van der Waals surface area contributed by atoms with E-state index in [0.29, 0.717) is 6.04 Å². The molecule has 0 amide bonds. The van der Waals surface area contributed by atoms with Crippen LogP contribution in [0.1, 0.15) is 33.1 Å². The summed E-state index contributed by atoms with van der Waals surface area (Å²) in [5, 5.41) is 0. The van der Waals surface area contributed by atoms with Gasteiger partial charge in [0.25, 0.3) is 0 Å². The zero-order valence-corrected chi connectivity index (χ0v) is 7.71. The predicted octanol–water partition coefficient (Wildman–Crippen LogP) is 1.21. The number of hydrogen-bond acceptors (Lipinski definition) is 2. The molecule has 0 aliphatic carbocycles. The van der Waals surface area contributed by atoms with E-state index in [1.54, 1.807) is 0 Å². The molecule has 2 N–H and O–H groups in total. The summed E-state index contributed by atoms with van der Waals surface area (Å²) in [4.78, 5) is 2.53. The van der Waals surface area contributed by atoms with Crippen molar-refractivity contribution < 1.29 is 0 Å². The highest BCUT2D eigenvalue weighted by Gasteiger charge is 2.29. The predicted molar refractivity (Wildman–Crippen MR) is 48.5 cm³/mol. The van der Waals surface area contributed by atoms with Gasteiger partial charge in [0.05, 0.1) is 0 Å². The number of rotatable bonds is 4. The number of hydrogen-bond donors (Lipinski definition) is 1. The van der Waals surface area contributed by atoms with Crippen LogP contribution < -0.4 is 5.73 Å². The first kappa shape index (κ1) is 9.01. The first-order valence-electron chi connectivity index (χ1n) is 4.75. The molecule has 0 radical (unpaired) electrons. The van der Waals surface area contributed by atoms with Crippen LogP contribution in [-0.2, 0) is 0 Å². The van der Waals surface area contributed by atoms with E-state index in [4.69, 9.17) is 5.73 Å². The molecular weight excluding hydrogens is 136 g/mol. The van der Waals surface area contributed by atoms with Crippen LogP contribution in [0.2, 0.25) is 0 Å². The standard InChI is InChI=1S/C9H20N2/c1-3-4-8(2)11-6-5-9(11)7-10/h8-9H,3-7,10H2,1-2H3. The molecule has 0 bridgehead atoms. The lowest BCUT2D eigenvalue weighted by Crippen LogP contribution is -2.55. The maximum absolute atomic E-state index is 5.62. The molecule has 0 spiro atoms. The smallest absolute Gasteiger partial charge is 0.0233 e. The minimum atomic E-state index is 0.691. The summed E-state index contributed by atoms with van der Waals surface area (Å²) in [6, 6.07) is 1.44. The van der Waals surface area contributed by atoms with E-state index in [-0.39, 0.29) is 0 Å². The van der Waals surface area contributed by atoms with Crippen LogP contribution in [0, 0.1) is 0 Å². The second kappa shape index (κ2) is 4.07. The molecule has 11 heavy (non-hydrogen) atoms. The number of nitrogens with two attached hydrogens (primary N) is 1. The van der Waals surface area contributed by atoms with Gasteiger partial charge in [0.1, 0.15) is 0 Å². The van der Waals surface area contributed by atoms with Gasteiger partial charge in [0, 0.05) is 25.2 Å². The third-order valence-corrected chi connectivity index (χ3v) is 2.73. The van der Waals surface area contributed by atoms with Crippen molar-refractivity contribution in [1.82, 2.24) is 4.90 Å². The topological polar surface area (TPSA) is 29.3 Å². The van der Waals surface area contributed by atoms with E-state index >= 15 is 0 Å². The Morgan fingerprint density at radius 2 is 2.36 bits per heavy atom. The summed E-state index contributed by atoms with van der Waals surface area (Å²) in [5.74, 6) is 0. The van der Waals surface area contributed by atoms with Crippen LogP contribution in [0.4, 0.5) is 0 Å². The quantitative estimate of drug-likeness (QED) is 0.663. The molecule has 0 aromatic rings. The van der Waals surface area contributed by atoms with Crippen molar-refractivity contribution >= 4 is 0 Å². The zero-order valence-electron chi connectivity index (χ0n) is 7.71. The Labute approximate surface area is 69.8 Å². The van der Waals surface area contributed by atoms with Crippen molar-refractivity contribution in [3.8, 4) is 0 Å². The van der Waals surface area contributed by atoms with Crippen molar-refractivity contribution in [2.24, 2.45) is 5.73 Å². The van der Waals surface area contributed by atoms with Gasteiger partial charge in [-0.25, -0.2) is 0 Å². The Morgan fingerprint density at radius 1 is 1.64 bits per heavy atom. The van der Waals surface area contributed by atoms with Crippen LogP contribution in [0.3, 0.4) is 0 Å². The average Bonchev–Trinajstić information content (AvgIpc) is 1.86. The molecule has 66 valence electrons. The third kappa shape index (κ3) is 1.94. The molecular formula is C9H20N2. The molecule has 1 fully saturated rings. The highest BCUT2D eigenvalue weighted by molar-refractivity contribution is 4.86. The van der Waals surface area contributed by atoms with Gasteiger partial charge in [-0.3, -0.25) is 4.90 Å². The van der Waals surface area contributed by atoms with Crippen molar-refractivity contribution in [3.05, 3.63) is 0 Å². The van der Waals surface area contributed by atoms with Crippen molar-refractivity contribution in [2.75, 3.05) is 13.1 Å². The molecule has 1 aliphatic rings. The van der Waals surface area contributed by atoms with Gasteiger partial charge in [0.2, 0.25) is 0 Å².